The van der Waals surface area contributed by atoms with E-state index >= 15 is 0 Å². The third-order valence-corrected chi connectivity index (χ3v) is 6.16. The molecule has 0 bridgehead atoms. The van der Waals surface area contributed by atoms with E-state index in [1.807, 2.05) is 49.4 Å². The van der Waals surface area contributed by atoms with E-state index < -0.39 is 14.8 Å². The molecule has 0 unspecified atom stereocenters. The predicted molar refractivity (Wildman–Crippen MR) is 97.5 cm³/mol. The fourth-order valence-corrected chi connectivity index (χ4v) is 4.55. The molecule has 0 aliphatic rings. The van der Waals surface area contributed by atoms with Gasteiger partial charge in [0.15, 0.2) is 9.84 Å². The van der Waals surface area contributed by atoms with Crippen LogP contribution >= 0.6 is 0 Å². The van der Waals surface area contributed by atoms with Gasteiger partial charge in [-0.05, 0) is 34.4 Å². The molecule has 0 spiro atoms. The third kappa shape index (κ3) is 3.53. The highest BCUT2D eigenvalue weighted by atomic mass is 32.2. The SMILES string of the molecule is C[C@@H](CS(=O)(=O)c1ccc([N+](=O)[O-])cc1)c1cccc2ccccc12. The molecule has 3 aromatic carbocycles. The van der Waals surface area contributed by atoms with E-state index in [1.165, 1.54) is 24.3 Å². The zero-order valence-corrected chi connectivity index (χ0v) is 14.4. The first-order chi connectivity index (χ1) is 11.9. The molecule has 0 aliphatic carbocycles. The van der Waals surface area contributed by atoms with Gasteiger partial charge in [0, 0.05) is 12.1 Å². The lowest BCUT2D eigenvalue weighted by atomic mass is 9.96. The van der Waals surface area contributed by atoms with Gasteiger partial charge in [0.05, 0.1) is 15.6 Å². The monoisotopic (exact) mass is 355 g/mol. The van der Waals surface area contributed by atoms with Crippen molar-refractivity contribution in [3.63, 3.8) is 0 Å². The smallest absolute Gasteiger partial charge is 0.258 e. The van der Waals surface area contributed by atoms with E-state index in [2.05, 4.69) is 0 Å². The summed E-state index contributed by atoms with van der Waals surface area (Å²) in [6.45, 7) is 1.88. The molecule has 5 nitrogen and oxygen atoms in total. The number of sulfone groups is 1. The van der Waals surface area contributed by atoms with Crippen LogP contribution in [0.3, 0.4) is 0 Å². The Morgan fingerprint density at radius 1 is 0.960 bits per heavy atom. The van der Waals surface area contributed by atoms with Gasteiger partial charge in [-0.25, -0.2) is 8.42 Å². The van der Waals surface area contributed by atoms with E-state index in [4.69, 9.17) is 0 Å². The number of hydrogen-bond acceptors (Lipinski definition) is 4. The van der Waals surface area contributed by atoms with Crippen LogP contribution < -0.4 is 0 Å². The van der Waals surface area contributed by atoms with Crippen molar-refractivity contribution < 1.29 is 13.3 Å². The lowest BCUT2D eigenvalue weighted by Gasteiger charge is -2.15. The molecule has 0 saturated heterocycles. The van der Waals surface area contributed by atoms with Gasteiger partial charge in [-0.2, -0.15) is 0 Å². The van der Waals surface area contributed by atoms with Crippen molar-refractivity contribution in [3.8, 4) is 0 Å². The van der Waals surface area contributed by atoms with Crippen LogP contribution in [0, 0.1) is 10.1 Å². The maximum absolute atomic E-state index is 12.7. The van der Waals surface area contributed by atoms with Crippen LogP contribution in [0.1, 0.15) is 18.4 Å². The van der Waals surface area contributed by atoms with Crippen molar-refractivity contribution in [2.45, 2.75) is 17.7 Å². The third-order valence-electron chi connectivity index (χ3n) is 4.23. The summed E-state index contributed by atoms with van der Waals surface area (Å²) in [5.41, 5.74) is 0.852. The first kappa shape index (κ1) is 17.1. The maximum atomic E-state index is 12.7. The minimum atomic E-state index is -3.54. The normalized spacial score (nSPS) is 12.8. The van der Waals surface area contributed by atoms with Gasteiger partial charge in [0.2, 0.25) is 0 Å². The number of hydrogen-bond donors (Lipinski definition) is 0. The summed E-state index contributed by atoms with van der Waals surface area (Å²) < 4.78 is 25.3. The van der Waals surface area contributed by atoms with Crippen LogP contribution in [0.15, 0.2) is 71.6 Å². The second-order valence-corrected chi connectivity index (χ2v) is 8.04. The fourth-order valence-electron chi connectivity index (χ4n) is 2.97. The standard InChI is InChI=1S/C19H17NO4S/c1-14(18-8-4-6-15-5-2-3-7-19(15)18)13-25(23,24)17-11-9-16(10-12-17)20(21)22/h2-12,14H,13H2,1H3/t14-/m0/s1. The van der Waals surface area contributed by atoms with Crippen LogP contribution in [0.4, 0.5) is 5.69 Å². The molecular weight excluding hydrogens is 338 g/mol. The molecule has 3 rings (SSSR count). The lowest BCUT2D eigenvalue weighted by Crippen LogP contribution is -2.13. The minimum absolute atomic E-state index is 0.0567. The summed E-state index contributed by atoms with van der Waals surface area (Å²) in [6, 6.07) is 18.8. The summed E-state index contributed by atoms with van der Waals surface area (Å²) in [6.07, 6.45) is 0. The van der Waals surface area contributed by atoms with Crippen molar-refractivity contribution in [2.75, 3.05) is 5.75 Å². The summed E-state index contributed by atoms with van der Waals surface area (Å²) in [5.74, 6) is -0.259. The predicted octanol–water partition coefficient (Wildman–Crippen LogP) is 4.33. The van der Waals surface area contributed by atoms with Crippen LogP contribution in [-0.2, 0) is 9.84 Å². The first-order valence-electron chi connectivity index (χ1n) is 7.83. The van der Waals surface area contributed by atoms with Crippen LogP contribution in [0.5, 0.6) is 0 Å². The highest BCUT2D eigenvalue weighted by molar-refractivity contribution is 7.91. The topological polar surface area (TPSA) is 77.3 Å². The molecule has 128 valence electrons. The number of nitrogens with zero attached hydrogens (tertiary/aromatic N) is 1. The van der Waals surface area contributed by atoms with E-state index in [-0.39, 0.29) is 22.3 Å². The van der Waals surface area contributed by atoms with Crippen molar-refractivity contribution in [2.24, 2.45) is 0 Å². The van der Waals surface area contributed by atoms with Gasteiger partial charge < -0.3 is 0 Å². The number of non-ortho nitro benzene ring substituents is 1. The molecule has 0 amide bonds. The van der Waals surface area contributed by atoms with Crippen LogP contribution in [0.2, 0.25) is 0 Å². The molecule has 0 radical (unpaired) electrons. The second kappa shape index (κ2) is 6.64. The van der Waals surface area contributed by atoms with Crippen molar-refractivity contribution in [1.82, 2.24) is 0 Å². The molecule has 1 atom stereocenters. The Kier molecular flexibility index (Phi) is 4.55. The number of nitro groups is 1. The Morgan fingerprint density at radius 2 is 1.60 bits per heavy atom. The van der Waals surface area contributed by atoms with Gasteiger partial charge in [-0.1, -0.05) is 49.4 Å². The van der Waals surface area contributed by atoms with Crippen molar-refractivity contribution in [1.29, 1.82) is 0 Å². The van der Waals surface area contributed by atoms with Gasteiger partial charge in [0.25, 0.3) is 5.69 Å². The summed E-state index contributed by atoms with van der Waals surface area (Å²) >= 11 is 0. The molecule has 0 saturated carbocycles. The zero-order chi connectivity index (χ0) is 18.0. The van der Waals surface area contributed by atoms with Gasteiger partial charge >= 0.3 is 0 Å². The number of benzene rings is 3. The molecule has 3 aromatic rings. The first-order valence-corrected chi connectivity index (χ1v) is 9.48. The molecule has 0 aliphatic heterocycles. The lowest BCUT2D eigenvalue weighted by molar-refractivity contribution is -0.384. The average molecular weight is 355 g/mol. The molecule has 25 heavy (non-hydrogen) atoms. The van der Waals surface area contributed by atoms with Crippen LogP contribution in [-0.4, -0.2) is 19.1 Å². The quantitative estimate of drug-likeness (QED) is 0.504. The zero-order valence-electron chi connectivity index (χ0n) is 13.6. The number of nitro benzene ring substituents is 1. The molecular formula is C19H17NO4S. The molecule has 0 heterocycles. The summed E-state index contributed by atoms with van der Waals surface area (Å²) in [4.78, 5) is 10.3. The van der Waals surface area contributed by atoms with E-state index in [0.717, 1.165) is 16.3 Å². The maximum Gasteiger partial charge on any atom is 0.269 e. The Hall–Kier alpha value is -2.73. The number of fused-ring (bicyclic) bond motifs is 1. The summed E-state index contributed by atoms with van der Waals surface area (Å²) in [5, 5.41) is 12.8. The van der Waals surface area contributed by atoms with E-state index in [0.29, 0.717) is 0 Å². The average Bonchev–Trinajstić information content (AvgIpc) is 2.61. The Morgan fingerprint density at radius 3 is 2.28 bits per heavy atom. The van der Waals surface area contributed by atoms with Crippen LogP contribution in [0.25, 0.3) is 10.8 Å². The number of rotatable bonds is 5. The Bertz CT molecular complexity index is 1020. The van der Waals surface area contributed by atoms with Gasteiger partial charge in [-0.15, -0.1) is 0 Å². The van der Waals surface area contributed by atoms with E-state index in [9.17, 15) is 18.5 Å². The molecule has 0 N–H and O–H groups in total. The Labute approximate surface area is 146 Å². The van der Waals surface area contributed by atoms with Crippen molar-refractivity contribution in [3.05, 3.63) is 82.4 Å². The molecule has 0 fully saturated rings. The Balaban J connectivity index is 1.90. The fraction of sp³-hybridized carbons (Fsp3) is 0.158. The van der Waals surface area contributed by atoms with Gasteiger partial charge in [-0.3, -0.25) is 10.1 Å². The summed E-state index contributed by atoms with van der Waals surface area (Å²) in [7, 11) is -3.54. The molecule has 6 heteroatoms. The highest BCUT2D eigenvalue weighted by Crippen LogP contribution is 2.28. The highest BCUT2D eigenvalue weighted by Gasteiger charge is 2.21. The second-order valence-electron chi connectivity index (χ2n) is 6.00. The largest absolute Gasteiger partial charge is 0.269 e. The minimum Gasteiger partial charge on any atom is -0.258 e. The van der Waals surface area contributed by atoms with Gasteiger partial charge in [0.1, 0.15) is 0 Å². The van der Waals surface area contributed by atoms with Crippen molar-refractivity contribution >= 4 is 26.3 Å². The van der Waals surface area contributed by atoms with E-state index in [1.54, 1.807) is 0 Å². The molecule has 0 aromatic heterocycles.